The minimum absolute atomic E-state index is 0.161. The van der Waals surface area contributed by atoms with Crippen LogP contribution in [0.5, 0.6) is 0 Å². The van der Waals surface area contributed by atoms with Crippen LogP contribution < -0.4 is 5.32 Å². The van der Waals surface area contributed by atoms with Gasteiger partial charge < -0.3 is 15.3 Å². The van der Waals surface area contributed by atoms with Gasteiger partial charge in [-0.15, -0.1) is 0 Å². The topological polar surface area (TPSA) is 86.7 Å². The van der Waals surface area contributed by atoms with Crippen LogP contribution in [0.2, 0.25) is 0 Å². The van der Waals surface area contributed by atoms with Crippen molar-refractivity contribution in [1.29, 1.82) is 0 Å². The maximum atomic E-state index is 12.3. The Balaban J connectivity index is 1.93. The highest BCUT2D eigenvalue weighted by molar-refractivity contribution is 5.98. The number of aliphatic carboxylic acids is 1. The van der Waals surface area contributed by atoms with E-state index in [2.05, 4.69) is 5.32 Å². The summed E-state index contributed by atoms with van der Waals surface area (Å²) >= 11 is 0. The van der Waals surface area contributed by atoms with Gasteiger partial charge in [-0.25, -0.2) is 0 Å². The van der Waals surface area contributed by atoms with Gasteiger partial charge in [0.05, 0.1) is 0 Å². The van der Waals surface area contributed by atoms with Gasteiger partial charge in [-0.3, -0.25) is 14.4 Å². The summed E-state index contributed by atoms with van der Waals surface area (Å²) in [7, 11) is 0. The van der Waals surface area contributed by atoms with Crippen molar-refractivity contribution in [1.82, 2.24) is 10.2 Å². The summed E-state index contributed by atoms with van der Waals surface area (Å²) in [5.74, 6) is -3.13. The highest BCUT2D eigenvalue weighted by Gasteiger charge is 2.34. The molecule has 2 N–H and O–H groups in total. The number of carboxylic acids is 1. The average molecular weight is 304 g/mol. The fourth-order valence-corrected chi connectivity index (χ4v) is 2.35. The first-order valence-corrected chi connectivity index (χ1v) is 7.26. The van der Waals surface area contributed by atoms with Gasteiger partial charge in [-0.1, -0.05) is 29.8 Å². The number of amides is 2. The van der Waals surface area contributed by atoms with Crippen molar-refractivity contribution in [2.24, 2.45) is 5.92 Å². The zero-order chi connectivity index (χ0) is 16.3. The Morgan fingerprint density at radius 1 is 1.36 bits per heavy atom. The van der Waals surface area contributed by atoms with E-state index < -0.39 is 23.8 Å². The van der Waals surface area contributed by atoms with Crippen LogP contribution in [0.1, 0.15) is 24.5 Å². The number of hydrogen-bond donors (Lipinski definition) is 2. The van der Waals surface area contributed by atoms with Crippen LogP contribution in [0, 0.1) is 12.8 Å². The molecule has 1 aromatic carbocycles. The summed E-state index contributed by atoms with van der Waals surface area (Å²) in [6.07, 6.45) is 0.503. The second-order valence-electron chi connectivity index (χ2n) is 5.66. The number of carboxylic acid groups (broad SMARTS) is 1. The van der Waals surface area contributed by atoms with Gasteiger partial charge in [-0.05, 0) is 25.8 Å². The Bertz CT molecular complexity index is 582. The van der Waals surface area contributed by atoms with E-state index in [4.69, 9.17) is 5.11 Å². The molecule has 1 saturated heterocycles. The molecule has 0 aromatic heterocycles. The maximum Gasteiger partial charge on any atom is 0.315 e. The van der Waals surface area contributed by atoms with Gasteiger partial charge >= 0.3 is 5.97 Å². The average Bonchev–Trinajstić information content (AvgIpc) is 2.81. The van der Waals surface area contributed by atoms with E-state index in [0.29, 0.717) is 19.5 Å². The number of nitrogens with one attached hydrogen (secondary N) is 1. The van der Waals surface area contributed by atoms with Crippen molar-refractivity contribution < 1.29 is 19.5 Å². The van der Waals surface area contributed by atoms with Gasteiger partial charge in [0, 0.05) is 13.1 Å². The van der Waals surface area contributed by atoms with Gasteiger partial charge in [0.25, 0.3) is 0 Å². The molecule has 1 heterocycles. The smallest absolute Gasteiger partial charge is 0.315 e. The zero-order valence-electron chi connectivity index (χ0n) is 12.7. The minimum Gasteiger partial charge on any atom is -0.481 e. The molecule has 2 rings (SSSR count). The molecule has 2 unspecified atom stereocenters. The first-order chi connectivity index (χ1) is 10.4. The molecule has 6 nitrogen and oxygen atoms in total. The lowest BCUT2D eigenvalue weighted by molar-refractivity contribution is -0.147. The Hall–Kier alpha value is -2.37. The Morgan fingerprint density at radius 2 is 2.00 bits per heavy atom. The predicted molar refractivity (Wildman–Crippen MR) is 79.9 cm³/mol. The molecule has 2 amide bonds. The quantitative estimate of drug-likeness (QED) is 0.792. The number of likely N-dealkylation sites (tertiary alicyclic amines) is 1. The Morgan fingerprint density at radius 3 is 2.59 bits per heavy atom. The number of benzene rings is 1. The molecule has 118 valence electrons. The van der Waals surface area contributed by atoms with E-state index in [1.807, 2.05) is 31.2 Å². The molecule has 6 heteroatoms. The zero-order valence-corrected chi connectivity index (χ0v) is 12.7. The molecule has 2 atom stereocenters. The lowest BCUT2D eigenvalue weighted by atomic mass is 10.1. The fourth-order valence-electron chi connectivity index (χ4n) is 2.35. The van der Waals surface area contributed by atoms with Crippen LogP contribution >= 0.6 is 0 Å². The van der Waals surface area contributed by atoms with Crippen molar-refractivity contribution in [3.63, 3.8) is 0 Å². The van der Waals surface area contributed by atoms with E-state index in [1.165, 1.54) is 6.92 Å². The first-order valence-electron chi connectivity index (χ1n) is 7.26. The highest BCUT2D eigenvalue weighted by Crippen LogP contribution is 2.16. The predicted octanol–water partition coefficient (Wildman–Crippen LogP) is 0.933. The summed E-state index contributed by atoms with van der Waals surface area (Å²) < 4.78 is 0. The minimum atomic E-state index is -1.19. The third-order valence-corrected chi connectivity index (χ3v) is 3.87. The Labute approximate surface area is 129 Å². The van der Waals surface area contributed by atoms with E-state index in [0.717, 1.165) is 11.1 Å². The second kappa shape index (κ2) is 6.60. The largest absolute Gasteiger partial charge is 0.481 e. The van der Waals surface area contributed by atoms with Gasteiger partial charge in [-0.2, -0.15) is 0 Å². The monoisotopic (exact) mass is 304 g/mol. The van der Waals surface area contributed by atoms with Crippen LogP contribution in [0.25, 0.3) is 0 Å². The molecule has 1 aliphatic rings. The lowest BCUT2D eigenvalue weighted by Gasteiger charge is -2.18. The molecule has 0 saturated carbocycles. The van der Waals surface area contributed by atoms with E-state index in [-0.39, 0.29) is 5.91 Å². The standard InChI is InChI=1S/C16H20N2O4/c1-10-3-5-12(6-4-10)9-18-8-7-13(15(18)20)17-14(19)11(2)16(21)22/h3-6,11,13H,7-9H2,1-2H3,(H,17,19)(H,21,22). The molecular formula is C16H20N2O4. The SMILES string of the molecule is Cc1ccc(CN2CCC(NC(=O)C(C)C(=O)O)C2=O)cc1. The molecular weight excluding hydrogens is 284 g/mol. The van der Waals surface area contributed by atoms with Crippen LogP contribution in [-0.4, -0.2) is 40.4 Å². The van der Waals surface area contributed by atoms with Crippen LogP contribution in [-0.2, 0) is 20.9 Å². The normalized spacial score (nSPS) is 19.1. The van der Waals surface area contributed by atoms with Crippen LogP contribution in [0.4, 0.5) is 0 Å². The summed E-state index contributed by atoms with van der Waals surface area (Å²) in [5.41, 5.74) is 2.19. The number of nitrogens with zero attached hydrogens (tertiary/aromatic N) is 1. The molecule has 0 aliphatic carbocycles. The third kappa shape index (κ3) is 3.63. The van der Waals surface area contributed by atoms with Crippen molar-refractivity contribution in [3.8, 4) is 0 Å². The van der Waals surface area contributed by atoms with Gasteiger partial charge in [0.1, 0.15) is 12.0 Å². The number of hydrogen-bond acceptors (Lipinski definition) is 3. The van der Waals surface area contributed by atoms with E-state index in [1.54, 1.807) is 4.90 Å². The molecule has 0 bridgehead atoms. The van der Waals surface area contributed by atoms with E-state index in [9.17, 15) is 14.4 Å². The van der Waals surface area contributed by atoms with Gasteiger partial charge in [0.2, 0.25) is 11.8 Å². The van der Waals surface area contributed by atoms with Crippen LogP contribution in [0.15, 0.2) is 24.3 Å². The van der Waals surface area contributed by atoms with Crippen molar-refractivity contribution >= 4 is 17.8 Å². The summed E-state index contributed by atoms with van der Waals surface area (Å²) in [4.78, 5) is 36.4. The Kier molecular flexibility index (Phi) is 4.80. The van der Waals surface area contributed by atoms with Gasteiger partial charge in [0.15, 0.2) is 0 Å². The lowest BCUT2D eigenvalue weighted by Crippen LogP contribution is -2.44. The van der Waals surface area contributed by atoms with Crippen molar-refractivity contribution in [3.05, 3.63) is 35.4 Å². The van der Waals surface area contributed by atoms with E-state index >= 15 is 0 Å². The fraction of sp³-hybridized carbons (Fsp3) is 0.438. The summed E-state index contributed by atoms with van der Waals surface area (Å²) in [5, 5.41) is 11.3. The number of carbonyl (C=O) groups excluding carboxylic acids is 2. The molecule has 0 radical (unpaired) electrons. The second-order valence-corrected chi connectivity index (χ2v) is 5.66. The number of carbonyl (C=O) groups is 3. The number of aryl methyl sites for hydroxylation is 1. The molecule has 22 heavy (non-hydrogen) atoms. The molecule has 1 aromatic rings. The van der Waals surface area contributed by atoms with Crippen molar-refractivity contribution in [2.75, 3.05) is 6.54 Å². The highest BCUT2D eigenvalue weighted by atomic mass is 16.4. The van der Waals surface area contributed by atoms with Crippen molar-refractivity contribution in [2.45, 2.75) is 32.9 Å². The molecule has 0 spiro atoms. The van der Waals surface area contributed by atoms with Crippen LogP contribution in [0.3, 0.4) is 0 Å². The third-order valence-electron chi connectivity index (χ3n) is 3.87. The number of rotatable bonds is 5. The molecule has 1 aliphatic heterocycles. The summed E-state index contributed by atoms with van der Waals surface area (Å²) in [6, 6.07) is 7.30. The molecule has 1 fully saturated rings. The maximum absolute atomic E-state index is 12.3. The summed E-state index contributed by atoms with van der Waals surface area (Å²) in [6.45, 7) is 4.36. The first kappa shape index (κ1) is 16.0.